The van der Waals surface area contributed by atoms with Crippen molar-refractivity contribution >= 4 is 5.78 Å². The minimum Gasteiger partial charge on any atom is -0.361 e. The second kappa shape index (κ2) is 3.47. The van der Waals surface area contributed by atoms with Gasteiger partial charge in [-0.15, -0.1) is 0 Å². The molecular weight excluding hydrogens is 168 g/mol. The Labute approximate surface area is 78.0 Å². The van der Waals surface area contributed by atoms with Gasteiger partial charge in [0.1, 0.15) is 5.78 Å². The van der Waals surface area contributed by atoms with E-state index in [2.05, 4.69) is 10.6 Å². The predicted molar refractivity (Wildman–Crippen MR) is 49.7 cm³/mol. The highest BCUT2D eigenvalue weighted by molar-refractivity contribution is 5.82. The van der Waals surface area contributed by atoms with Crippen molar-refractivity contribution < 1.29 is 9.90 Å². The molecule has 74 valence electrons. The van der Waals surface area contributed by atoms with Crippen LogP contribution in [0.1, 0.15) is 20.8 Å². The molecule has 4 heteroatoms. The summed E-state index contributed by atoms with van der Waals surface area (Å²) in [5.41, 5.74) is -0.487. The van der Waals surface area contributed by atoms with Gasteiger partial charge in [-0.1, -0.05) is 19.9 Å². The van der Waals surface area contributed by atoms with Crippen LogP contribution in [0.3, 0.4) is 0 Å². The molecule has 1 aliphatic rings. The lowest BCUT2D eigenvalue weighted by atomic mass is 9.80. The monoisotopic (exact) mass is 184 g/mol. The first-order valence-electron chi connectivity index (χ1n) is 4.32. The fourth-order valence-electron chi connectivity index (χ4n) is 1.18. The third-order valence-electron chi connectivity index (χ3n) is 2.57. The second-order valence-electron chi connectivity index (χ2n) is 3.85. The molecule has 0 aliphatic carbocycles. The molecule has 13 heavy (non-hydrogen) atoms. The highest BCUT2D eigenvalue weighted by atomic mass is 16.3. The SMILES string of the molecule is CC(=O)C(C)(C)C1C=CNC(O)N1. The molecule has 2 unspecified atom stereocenters. The quantitative estimate of drug-likeness (QED) is 0.563. The molecule has 0 aromatic rings. The smallest absolute Gasteiger partial charge is 0.181 e. The first-order valence-corrected chi connectivity index (χ1v) is 4.32. The van der Waals surface area contributed by atoms with E-state index in [1.807, 2.05) is 19.9 Å². The number of nitrogens with one attached hydrogen (secondary N) is 2. The Morgan fingerprint density at radius 1 is 1.54 bits per heavy atom. The van der Waals surface area contributed by atoms with Crippen LogP contribution in [-0.4, -0.2) is 23.3 Å². The van der Waals surface area contributed by atoms with E-state index in [4.69, 9.17) is 0 Å². The summed E-state index contributed by atoms with van der Waals surface area (Å²) in [7, 11) is 0. The van der Waals surface area contributed by atoms with Gasteiger partial charge < -0.3 is 10.4 Å². The van der Waals surface area contributed by atoms with Gasteiger partial charge in [0.05, 0.1) is 0 Å². The van der Waals surface area contributed by atoms with E-state index in [1.54, 1.807) is 13.1 Å². The van der Waals surface area contributed by atoms with Crippen LogP contribution < -0.4 is 10.6 Å². The summed E-state index contributed by atoms with van der Waals surface area (Å²) in [5, 5.41) is 14.8. The fourth-order valence-corrected chi connectivity index (χ4v) is 1.18. The lowest BCUT2D eigenvalue weighted by molar-refractivity contribution is -0.126. The molecule has 0 fully saturated rings. The third-order valence-corrected chi connectivity index (χ3v) is 2.57. The van der Waals surface area contributed by atoms with Gasteiger partial charge in [0.15, 0.2) is 6.35 Å². The summed E-state index contributed by atoms with van der Waals surface area (Å²) in [6.07, 6.45) is 2.73. The first kappa shape index (κ1) is 10.2. The maximum absolute atomic E-state index is 11.3. The fraction of sp³-hybridized carbons (Fsp3) is 0.667. The number of rotatable bonds is 2. The van der Waals surface area contributed by atoms with E-state index in [1.165, 1.54) is 0 Å². The second-order valence-corrected chi connectivity index (χ2v) is 3.85. The normalized spacial score (nSPS) is 28.3. The summed E-state index contributed by atoms with van der Waals surface area (Å²) in [4.78, 5) is 11.3. The van der Waals surface area contributed by atoms with Crippen LogP contribution in [0.2, 0.25) is 0 Å². The van der Waals surface area contributed by atoms with Crippen LogP contribution in [0.25, 0.3) is 0 Å². The van der Waals surface area contributed by atoms with Crippen molar-refractivity contribution in [2.45, 2.75) is 33.2 Å². The van der Waals surface area contributed by atoms with Crippen LogP contribution in [0.5, 0.6) is 0 Å². The van der Waals surface area contributed by atoms with Gasteiger partial charge in [-0.25, -0.2) is 0 Å². The molecule has 2 atom stereocenters. The number of hydrogen-bond donors (Lipinski definition) is 3. The van der Waals surface area contributed by atoms with Crippen molar-refractivity contribution in [3.63, 3.8) is 0 Å². The van der Waals surface area contributed by atoms with E-state index < -0.39 is 11.8 Å². The number of carbonyl (C=O) groups excluding carboxylic acids is 1. The zero-order chi connectivity index (χ0) is 10.1. The van der Waals surface area contributed by atoms with Gasteiger partial charge in [0.2, 0.25) is 0 Å². The summed E-state index contributed by atoms with van der Waals surface area (Å²) >= 11 is 0. The molecule has 0 radical (unpaired) electrons. The summed E-state index contributed by atoms with van der Waals surface area (Å²) in [6, 6.07) is -0.124. The van der Waals surface area contributed by atoms with Crippen molar-refractivity contribution in [2.75, 3.05) is 0 Å². The number of carbonyl (C=O) groups is 1. The number of ketones is 1. The van der Waals surface area contributed by atoms with Gasteiger partial charge in [-0.3, -0.25) is 10.1 Å². The van der Waals surface area contributed by atoms with Crippen LogP contribution in [0.15, 0.2) is 12.3 Å². The van der Waals surface area contributed by atoms with E-state index in [9.17, 15) is 9.90 Å². The van der Waals surface area contributed by atoms with Crippen LogP contribution in [0, 0.1) is 5.41 Å². The molecule has 4 nitrogen and oxygen atoms in total. The Morgan fingerprint density at radius 2 is 2.15 bits per heavy atom. The zero-order valence-electron chi connectivity index (χ0n) is 8.16. The molecule has 3 N–H and O–H groups in total. The van der Waals surface area contributed by atoms with Crippen LogP contribution >= 0.6 is 0 Å². The number of hydrogen-bond acceptors (Lipinski definition) is 4. The Kier molecular flexibility index (Phi) is 2.73. The third kappa shape index (κ3) is 2.08. The minimum absolute atomic E-state index is 0.101. The average molecular weight is 184 g/mol. The average Bonchev–Trinajstić information content (AvgIpc) is 2.04. The van der Waals surface area contributed by atoms with Gasteiger partial charge in [-0.05, 0) is 13.1 Å². The van der Waals surface area contributed by atoms with Gasteiger partial charge in [-0.2, -0.15) is 0 Å². The van der Waals surface area contributed by atoms with Crippen LogP contribution in [-0.2, 0) is 4.79 Å². The predicted octanol–water partition coefficient (Wildman–Crippen LogP) is -0.0474. The largest absolute Gasteiger partial charge is 0.361 e. The van der Waals surface area contributed by atoms with E-state index in [-0.39, 0.29) is 11.8 Å². The number of Topliss-reactive ketones (excluding diaryl/α,β-unsaturated/α-hetero) is 1. The summed E-state index contributed by atoms with van der Waals surface area (Å²) in [5.74, 6) is 0.101. The Bertz CT molecular complexity index is 236. The van der Waals surface area contributed by atoms with E-state index in [0.717, 1.165) is 0 Å². The Morgan fingerprint density at radius 3 is 2.62 bits per heavy atom. The zero-order valence-corrected chi connectivity index (χ0v) is 8.16. The lowest BCUT2D eigenvalue weighted by Crippen LogP contribution is -2.55. The maximum atomic E-state index is 11.3. The molecule has 0 amide bonds. The molecule has 1 rings (SSSR count). The topological polar surface area (TPSA) is 61.4 Å². The van der Waals surface area contributed by atoms with Gasteiger partial charge in [0, 0.05) is 11.5 Å². The Balaban J connectivity index is 2.76. The molecule has 0 spiro atoms. The van der Waals surface area contributed by atoms with E-state index >= 15 is 0 Å². The molecule has 0 bridgehead atoms. The highest BCUT2D eigenvalue weighted by Crippen LogP contribution is 2.23. The van der Waals surface area contributed by atoms with Crippen LogP contribution in [0.4, 0.5) is 0 Å². The Hall–Kier alpha value is -0.870. The van der Waals surface area contributed by atoms with Crippen molar-refractivity contribution in [2.24, 2.45) is 5.41 Å². The van der Waals surface area contributed by atoms with Crippen molar-refractivity contribution in [1.82, 2.24) is 10.6 Å². The molecular formula is C9H16N2O2. The lowest BCUT2D eigenvalue weighted by Gasteiger charge is -2.34. The summed E-state index contributed by atoms with van der Waals surface area (Å²) in [6.45, 7) is 5.27. The first-order chi connectivity index (χ1) is 5.94. The van der Waals surface area contributed by atoms with Gasteiger partial charge >= 0.3 is 0 Å². The molecule has 1 heterocycles. The highest BCUT2D eigenvalue weighted by Gasteiger charge is 2.34. The molecule has 0 aromatic carbocycles. The maximum Gasteiger partial charge on any atom is 0.181 e. The van der Waals surface area contributed by atoms with Gasteiger partial charge in [0.25, 0.3) is 0 Å². The number of aliphatic hydroxyl groups is 1. The number of aliphatic hydroxyl groups excluding tert-OH is 1. The van der Waals surface area contributed by atoms with Crippen molar-refractivity contribution in [1.29, 1.82) is 0 Å². The van der Waals surface area contributed by atoms with E-state index in [0.29, 0.717) is 0 Å². The molecule has 1 aliphatic heterocycles. The van der Waals surface area contributed by atoms with Crippen molar-refractivity contribution in [3.05, 3.63) is 12.3 Å². The van der Waals surface area contributed by atoms with Crippen molar-refractivity contribution in [3.8, 4) is 0 Å². The minimum atomic E-state index is -0.770. The molecule has 0 saturated carbocycles. The molecule has 0 saturated heterocycles. The summed E-state index contributed by atoms with van der Waals surface area (Å²) < 4.78 is 0. The standard InChI is InChI=1S/C9H16N2O2/c1-6(12)9(2,3)7-4-5-10-8(13)11-7/h4-5,7-8,10-11,13H,1-3H3. The molecule has 0 aromatic heterocycles.